The predicted molar refractivity (Wildman–Crippen MR) is 64.2 cm³/mol. The summed E-state index contributed by atoms with van der Waals surface area (Å²) < 4.78 is 1.74. The van der Waals surface area contributed by atoms with E-state index in [0.29, 0.717) is 13.0 Å². The minimum atomic E-state index is -0.0966. The zero-order chi connectivity index (χ0) is 12.7. The van der Waals surface area contributed by atoms with Crippen molar-refractivity contribution in [3.8, 4) is 6.07 Å². The molecule has 1 aromatic rings. The Morgan fingerprint density at radius 3 is 2.88 bits per heavy atom. The van der Waals surface area contributed by atoms with Gasteiger partial charge in [-0.15, -0.1) is 0 Å². The number of aryl methyl sites for hydroxylation is 2. The molecule has 17 heavy (non-hydrogen) atoms. The van der Waals surface area contributed by atoms with Crippen LogP contribution in [-0.2, 0) is 24.2 Å². The molecule has 0 saturated carbocycles. The summed E-state index contributed by atoms with van der Waals surface area (Å²) in [5, 5.41) is 15.4. The standard InChI is InChI=1S/C12H18N4O/c1-3-10-8-11(4-2)16(15-10)9-12(17)14-7-5-6-13/h8H,3-5,7,9H2,1-2H3,(H,14,17). The van der Waals surface area contributed by atoms with E-state index in [0.717, 1.165) is 24.2 Å². The molecule has 0 unspecified atom stereocenters. The van der Waals surface area contributed by atoms with Crippen LogP contribution in [-0.4, -0.2) is 22.2 Å². The van der Waals surface area contributed by atoms with Crippen LogP contribution in [0.15, 0.2) is 6.07 Å². The second kappa shape index (κ2) is 6.69. The predicted octanol–water partition coefficient (Wildman–Crippen LogP) is 1.04. The second-order valence-electron chi connectivity index (χ2n) is 3.75. The van der Waals surface area contributed by atoms with Gasteiger partial charge in [0, 0.05) is 12.2 Å². The quantitative estimate of drug-likeness (QED) is 0.747. The smallest absolute Gasteiger partial charge is 0.241 e. The molecule has 0 atom stereocenters. The molecule has 5 nitrogen and oxygen atoms in total. The van der Waals surface area contributed by atoms with Gasteiger partial charge in [-0.1, -0.05) is 13.8 Å². The third-order valence-electron chi connectivity index (χ3n) is 2.49. The summed E-state index contributed by atoms with van der Waals surface area (Å²) >= 11 is 0. The van der Waals surface area contributed by atoms with Crippen LogP contribution in [0.4, 0.5) is 0 Å². The van der Waals surface area contributed by atoms with E-state index in [9.17, 15) is 4.79 Å². The van der Waals surface area contributed by atoms with Crippen molar-refractivity contribution in [2.75, 3.05) is 6.54 Å². The van der Waals surface area contributed by atoms with Gasteiger partial charge in [-0.25, -0.2) is 0 Å². The molecular formula is C12H18N4O. The van der Waals surface area contributed by atoms with Gasteiger partial charge in [-0.3, -0.25) is 9.48 Å². The molecule has 1 amide bonds. The van der Waals surface area contributed by atoms with Crippen LogP contribution >= 0.6 is 0 Å². The van der Waals surface area contributed by atoms with Crippen LogP contribution in [0.25, 0.3) is 0 Å². The first-order chi connectivity index (χ1) is 8.21. The first-order valence-corrected chi connectivity index (χ1v) is 5.90. The van der Waals surface area contributed by atoms with Gasteiger partial charge in [0.2, 0.25) is 5.91 Å². The Morgan fingerprint density at radius 1 is 1.53 bits per heavy atom. The summed E-state index contributed by atoms with van der Waals surface area (Å²) in [6, 6.07) is 4.02. The lowest BCUT2D eigenvalue weighted by Gasteiger charge is -2.06. The van der Waals surface area contributed by atoms with E-state index < -0.39 is 0 Å². The molecule has 1 rings (SSSR count). The third-order valence-corrected chi connectivity index (χ3v) is 2.49. The number of carbonyl (C=O) groups is 1. The van der Waals surface area contributed by atoms with Gasteiger partial charge in [-0.05, 0) is 18.9 Å². The molecule has 5 heteroatoms. The van der Waals surface area contributed by atoms with Crippen molar-refractivity contribution in [1.82, 2.24) is 15.1 Å². The maximum Gasteiger partial charge on any atom is 0.241 e. The zero-order valence-electron chi connectivity index (χ0n) is 10.4. The molecule has 1 aromatic heterocycles. The van der Waals surface area contributed by atoms with Crippen LogP contribution in [0.3, 0.4) is 0 Å². The lowest BCUT2D eigenvalue weighted by atomic mass is 10.2. The van der Waals surface area contributed by atoms with E-state index in [4.69, 9.17) is 5.26 Å². The van der Waals surface area contributed by atoms with Crippen molar-refractivity contribution in [3.05, 3.63) is 17.5 Å². The fraction of sp³-hybridized carbons (Fsp3) is 0.583. The molecule has 1 heterocycles. The van der Waals surface area contributed by atoms with Crippen molar-refractivity contribution in [2.45, 2.75) is 39.7 Å². The summed E-state index contributed by atoms with van der Waals surface area (Å²) in [6.07, 6.45) is 2.07. The Bertz CT molecular complexity index is 417. The summed E-state index contributed by atoms with van der Waals surface area (Å²) in [4.78, 5) is 11.6. The van der Waals surface area contributed by atoms with Crippen molar-refractivity contribution >= 4 is 5.91 Å². The zero-order valence-corrected chi connectivity index (χ0v) is 10.4. The van der Waals surface area contributed by atoms with Crippen LogP contribution in [0.1, 0.15) is 31.7 Å². The Hall–Kier alpha value is -1.83. The fourth-order valence-corrected chi connectivity index (χ4v) is 1.56. The molecule has 1 N–H and O–H groups in total. The lowest BCUT2D eigenvalue weighted by Crippen LogP contribution is -2.29. The lowest BCUT2D eigenvalue weighted by molar-refractivity contribution is -0.121. The number of nitriles is 1. The van der Waals surface area contributed by atoms with Crippen LogP contribution in [0, 0.1) is 11.3 Å². The van der Waals surface area contributed by atoms with Gasteiger partial charge in [-0.2, -0.15) is 10.4 Å². The summed E-state index contributed by atoms with van der Waals surface area (Å²) in [5.41, 5.74) is 2.07. The monoisotopic (exact) mass is 234 g/mol. The summed E-state index contributed by atoms with van der Waals surface area (Å²) in [6.45, 7) is 4.72. The van der Waals surface area contributed by atoms with Crippen molar-refractivity contribution in [3.63, 3.8) is 0 Å². The maximum atomic E-state index is 11.6. The number of aromatic nitrogens is 2. The number of amides is 1. The highest BCUT2D eigenvalue weighted by Crippen LogP contribution is 2.06. The van der Waals surface area contributed by atoms with Gasteiger partial charge < -0.3 is 5.32 Å². The average molecular weight is 234 g/mol. The molecule has 0 aliphatic rings. The Balaban J connectivity index is 2.58. The van der Waals surface area contributed by atoms with Crippen LogP contribution < -0.4 is 5.32 Å². The fourth-order valence-electron chi connectivity index (χ4n) is 1.56. The van der Waals surface area contributed by atoms with Crippen molar-refractivity contribution in [2.24, 2.45) is 0 Å². The maximum absolute atomic E-state index is 11.6. The molecule has 0 fully saturated rings. The Morgan fingerprint density at radius 2 is 2.29 bits per heavy atom. The Labute approximate surface area is 101 Å². The first-order valence-electron chi connectivity index (χ1n) is 5.90. The van der Waals surface area contributed by atoms with E-state index in [1.807, 2.05) is 26.0 Å². The molecule has 0 aliphatic heterocycles. The van der Waals surface area contributed by atoms with Gasteiger partial charge >= 0.3 is 0 Å². The molecular weight excluding hydrogens is 216 g/mol. The van der Waals surface area contributed by atoms with E-state index >= 15 is 0 Å². The SMILES string of the molecule is CCc1cc(CC)n(CC(=O)NCCC#N)n1. The first kappa shape index (κ1) is 13.2. The molecule has 0 radical (unpaired) electrons. The molecule has 92 valence electrons. The Kier molecular flexibility index (Phi) is 5.21. The number of carbonyl (C=O) groups excluding carboxylic acids is 1. The molecule has 0 spiro atoms. The number of rotatable bonds is 6. The van der Waals surface area contributed by atoms with E-state index in [1.54, 1.807) is 4.68 Å². The van der Waals surface area contributed by atoms with E-state index in [-0.39, 0.29) is 12.5 Å². The van der Waals surface area contributed by atoms with Crippen molar-refractivity contribution in [1.29, 1.82) is 5.26 Å². The molecule has 0 saturated heterocycles. The number of hydrogen-bond acceptors (Lipinski definition) is 3. The second-order valence-corrected chi connectivity index (χ2v) is 3.75. The van der Waals surface area contributed by atoms with E-state index in [1.165, 1.54) is 0 Å². The highest BCUT2D eigenvalue weighted by molar-refractivity contribution is 5.75. The van der Waals surface area contributed by atoms with Crippen LogP contribution in [0.5, 0.6) is 0 Å². The summed E-state index contributed by atoms with van der Waals surface area (Å²) in [7, 11) is 0. The van der Waals surface area contributed by atoms with Gasteiger partial charge in [0.1, 0.15) is 6.54 Å². The number of nitrogens with zero attached hydrogens (tertiary/aromatic N) is 3. The molecule has 0 aliphatic carbocycles. The van der Waals surface area contributed by atoms with Gasteiger partial charge in [0.25, 0.3) is 0 Å². The highest BCUT2D eigenvalue weighted by Gasteiger charge is 2.08. The molecule has 0 aromatic carbocycles. The summed E-state index contributed by atoms with van der Waals surface area (Å²) in [5.74, 6) is -0.0966. The van der Waals surface area contributed by atoms with Crippen molar-refractivity contribution < 1.29 is 4.79 Å². The largest absolute Gasteiger partial charge is 0.353 e. The van der Waals surface area contributed by atoms with Crippen LogP contribution in [0.2, 0.25) is 0 Å². The number of nitrogens with one attached hydrogen (secondary N) is 1. The minimum Gasteiger partial charge on any atom is -0.353 e. The normalized spacial score (nSPS) is 9.94. The minimum absolute atomic E-state index is 0.0966. The highest BCUT2D eigenvalue weighted by atomic mass is 16.2. The van der Waals surface area contributed by atoms with Gasteiger partial charge in [0.15, 0.2) is 0 Å². The molecule has 0 bridgehead atoms. The average Bonchev–Trinajstić information content (AvgIpc) is 2.71. The van der Waals surface area contributed by atoms with Gasteiger partial charge in [0.05, 0.1) is 18.2 Å². The number of hydrogen-bond donors (Lipinski definition) is 1. The third kappa shape index (κ3) is 3.91. The topological polar surface area (TPSA) is 70.7 Å². The van der Waals surface area contributed by atoms with E-state index in [2.05, 4.69) is 10.4 Å².